The van der Waals surface area contributed by atoms with Crippen molar-refractivity contribution >= 4 is 11.3 Å². The van der Waals surface area contributed by atoms with E-state index >= 15 is 0 Å². The molecule has 0 aliphatic carbocycles. The smallest absolute Gasteiger partial charge is 0.118 e. The minimum atomic E-state index is 0.0389. The first-order chi connectivity index (χ1) is 9.10. The van der Waals surface area contributed by atoms with Crippen molar-refractivity contribution in [1.29, 1.82) is 0 Å². The Bertz CT molecular complexity index is 519. The molecule has 1 aromatic carbocycles. The van der Waals surface area contributed by atoms with Crippen LogP contribution in [0.5, 0.6) is 5.75 Å². The van der Waals surface area contributed by atoms with E-state index in [0.717, 1.165) is 28.4 Å². The standard InChI is InChI=1S/C15H20N2OS/c1-10(2)8-13(16)15-17-14(9-19-15)11-4-6-12(18-3)7-5-11/h4-7,9-10,13H,8,16H2,1-3H3. The van der Waals surface area contributed by atoms with Gasteiger partial charge in [-0.1, -0.05) is 13.8 Å². The zero-order valence-corrected chi connectivity index (χ0v) is 12.4. The quantitative estimate of drug-likeness (QED) is 0.902. The average molecular weight is 276 g/mol. The lowest BCUT2D eigenvalue weighted by atomic mass is 10.1. The first-order valence-corrected chi connectivity index (χ1v) is 7.33. The van der Waals surface area contributed by atoms with Crippen molar-refractivity contribution in [2.45, 2.75) is 26.3 Å². The number of hydrogen-bond acceptors (Lipinski definition) is 4. The van der Waals surface area contributed by atoms with Crippen molar-refractivity contribution < 1.29 is 4.74 Å². The number of rotatable bonds is 5. The molecule has 3 nitrogen and oxygen atoms in total. The molecule has 0 radical (unpaired) electrons. The number of methoxy groups -OCH3 is 1. The van der Waals surface area contributed by atoms with Crippen molar-refractivity contribution in [3.63, 3.8) is 0 Å². The van der Waals surface area contributed by atoms with E-state index in [0.29, 0.717) is 5.92 Å². The van der Waals surface area contributed by atoms with E-state index in [-0.39, 0.29) is 6.04 Å². The fourth-order valence-electron chi connectivity index (χ4n) is 1.96. The van der Waals surface area contributed by atoms with E-state index in [1.54, 1.807) is 18.4 Å². The van der Waals surface area contributed by atoms with Gasteiger partial charge in [-0.3, -0.25) is 0 Å². The molecule has 0 aliphatic heterocycles. The van der Waals surface area contributed by atoms with Crippen LogP contribution in [0.15, 0.2) is 29.6 Å². The molecule has 0 spiro atoms. The molecule has 1 aromatic heterocycles. The molecule has 0 aliphatic rings. The predicted octanol–water partition coefficient (Wildman–Crippen LogP) is 3.86. The third-order valence-corrected chi connectivity index (χ3v) is 3.93. The molecule has 0 saturated carbocycles. The monoisotopic (exact) mass is 276 g/mol. The van der Waals surface area contributed by atoms with Gasteiger partial charge in [0.05, 0.1) is 18.8 Å². The van der Waals surface area contributed by atoms with Crippen LogP contribution in [0.4, 0.5) is 0 Å². The summed E-state index contributed by atoms with van der Waals surface area (Å²) in [6.45, 7) is 4.36. The Hall–Kier alpha value is -1.39. The molecule has 1 heterocycles. The number of nitrogens with zero attached hydrogens (tertiary/aromatic N) is 1. The summed E-state index contributed by atoms with van der Waals surface area (Å²) in [5.74, 6) is 1.44. The van der Waals surface area contributed by atoms with Crippen LogP contribution < -0.4 is 10.5 Å². The third-order valence-electron chi connectivity index (χ3n) is 2.95. The van der Waals surface area contributed by atoms with E-state index < -0.39 is 0 Å². The van der Waals surface area contributed by atoms with Gasteiger partial charge in [-0.25, -0.2) is 4.98 Å². The Balaban J connectivity index is 2.15. The Labute approximate surface area is 118 Å². The molecule has 102 valence electrons. The highest BCUT2D eigenvalue weighted by atomic mass is 32.1. The Morgan fingerprint density at radius 1 is 1.26 bits per heavy atom. The van der Waals surface area contributed by atoms with E-state index in [2.05, 4.69) is 24.2 Å². The summed E-state index contributed by atoms with van der Waals surface area (Å²) in [5.41, 5.74) is 8.25. The molecule has 2 rings (SSSR count). The SMILES string of the molecule is COc1ccc(-c2csc(C(N)CC(C)C)n2)cc1. The van der Waals surface area contributed by atoms with Gasteiger partial charge in [-0.15, -0.1) is 11.3 Å². The maximum atomic E-state index is 6.16. The zero-order valence-electron chi connectivity index (χ0n) is 11.6. The molecule has 1 unspecified atom stereocenters. The van der Waals surface area contributed by atoms with Crippen molar-refractivity contribution in [2.75, 3.05) is 7.11 Å². The number of benzene rings is 1. The Kier molecular flexibility index (Phi) is 4.56. The van der Waals surface area contributed by atoms with Gasteiger partial charge in [-0.05, 0) is 36.6 Å². The third kappa shape index (κ3) is 3.55. The van der Waals surface area contributed by atoms with Crippen LogP contribution >= 0.6 is 11.3 Å². The summed E-state index contributed by atoms with van der Waals surface area (Å²) in [5, 5.41) is 3.08. The first kappa shape index (κ1) is 14.0. The molecule has 19 heavy (non-hydrogen) atoms. The minimum Gasteiger partial charge on any atom is -0.497 e. The lowest BCUT2D eigenvalue weighted by molar-refractivity contribution is 0.415. The molecule has 0 bridgehead atoms. The second kappa shape index (κ2) is 6.17. The first-order valence-electron chi connectivity index (χ1n) is 6.45. The van der Waals surface area contributed by atoms with Gasteiger partial charge < -0.3 is 10.5 Å². The zero-order chi connectivity index (χ0) is 13.8. The number of thiazole rings is 1. The van der Waals surface area contributed by atoms with Crippen molar-refractivity contribution in [2.24, 2.45) is 11.7 Å². The van der Waals surface area contributed by atoms with Gasteiger partial charge >= 0.3 is 0 Å². The molecule has 0 amide bonds. The van der Waals surface area contributed by atoms with Gasteiger partial charge in [0.1, 0.15) is 10.8 Å². The predicted molar refractivity (Wildman–Crippen MR) is 80.5 cm³/mol. The van der Waals surface area contributed by atoms with Crippen LogP contribution in [0.2, 0.25) is 0 Å². The summed E-state index contributed by atoms with van der Waals surface area (Å²) >= 11 is 1.64. The molecule has 0 fully saturated rings. The van der Waals surface area contributed by atoms with Crippen LogP contribution in [-0.2, 0) is 0 Å². The number of nitrogens with two attached hydrogens (primary N) is 1. The van der Waals surface area contributed by atoms with Gasteiger partial charge in [0.25, 0.3) is 0 Å². The average Bonchev–Trinajstić information content (AvgIpc) is 2.88. The number of aromatic nitrogens is 1. The summed E-state index contributed by atoms with van der Waals surface area (Å²) in [6, 6.07) is 7.97. The molecule has 0 saturated heterocycles. The summed E-state index contributed by atoms with van der Waals surface area (Å²) < 4.78 is 5.15. The summed E-state index contributed by atoms with van der Waals surface area (Å²) in [6.07, 6.45) is 0.968. The second-order valence-corrected chi connectivity index (χ2v) is 5.93. The lowest BCUT2D eigenvalue weighted by Gasteiger charge is -2.10. The molecular weight excluding hydrogens is 256 g/mol. The maximum absolute atomic E-state index is 6.16. The van der Waals surface area contributed by atoms with E-state index in [4.69, 9.17) is 10.5 Å². The van der Waals surface area contributed by atoms with Crippen LogP contribution in [-0.4, -0.2) is 12.1 Å². The fraction of sp³-hybridized carbons (Fsp3) is 0.400. The van der Waals surface area contributed by atoms with Crippen molar-refractivity contribution in [1.82, 2.24) is 4.98 Å². The highest BCUT2D eigenvalue weighted by Crippen LogP contribution is 2.28. The van der Waals surface area contributed by atoms with Crippen molar-refractivity contribution in [3.8, 4) is 17.0 Å². The highest BCUT2D eigenvalue weighted by Gasteiger charge is 2.13. The summed E-state index contributed by atoms with van der Waals surface area (Å²) in [4.78, 5) is 4.64. The fourth-order valence-corrected chi connectivity index (χ4v) is 2.80. The molecular formula is C15H20N2OS. The van der Waals surface area contributed by atoms with Crippen LogP contribution in [0.3, 0.4) is 0 Å². The van der Waals surface area contributed by atoms with Crippen LogP contribution in [0.25, 0.3) is 11.3 Å². The van der Waals surface area contributed by atoms with Crippen molar-refractivity contribution in [3.05, 3.63) is 34.7 Å². The minimum absolute atomic E-state index is 0.0389. The molecule has 2 N–H and O–H groups in total. The largest absolute Gasteiger partial charge is 0.497 e. The topological polar surface area (TPSA) is 48.1 Å². The van der Waals surface area contributed by atoms with E-state index in [9.17, 15) is 0 Å². The Morgan fingerprint density at radius 2 is 1.95 bits per heavy atom. The van der Waals surface area contributed by atoms with Gasteiger partial charge in [0.15, 0.2) is 0 Å². The van der Waals surface area contributed by atoms with Gasteiger partial charge in [0, 0.05) is 10.9 Å². The lowest BCUT2D eigenvalue weighted by Crippen LogP contribution is -2.12. The number of ether oxygens (including phenoxy) is 1. The molecule has 1 atom stereocenters. The Morgan fingerprint density at radius 3 is 2.53 bits per heavy atom. The van der Waals surface area contributed by atoms with E-state index in [1.165, 1.54) is 0 Å². The summed E-state index contributed by atoms with van der Waals surface area (Å²) in [7, 11) is 1.67. The number of hydrogen-bond donors (Lipinski definition) is 1. The van der Waals surface area contributed by atoms with Gasteiger partial charge in [0.2, 0.25) is 0 Å². The maximum Gasteiger partial charge on any atom is 0.118 e. The van der Waals surface area contributed by atoms with Crippen LogP contribution in [0, 0.1) is 5.92 Å². The highest BCUT2D eigenvalue weighted by molar-refractivity contribution is 7.10. The van der Waals surface area contributed by atoms with E-state index in [1.807, 2.05) is 24.3 Å². The molecule has 2 aromatic rings. The van der Waals surface area contributed by atoms with Gasteiger partial charge in [-0.2, -0.15) is 0 Å². The molecule has 4 heteroatoms. The normalized spacial score (nSPS) is 12.7. The van der Waals surface area contributed by atoms with Crippen LogP contribution in [0.1, 0.15) is 31.3 Å². The second-order valence-electron chi connectivity index (χ2n) is 5.04.